The Labute approximate surface area is 141 Å². The summed E-state index contributed by atoms with van der Waals surface area (Å²) in [5.74, 6) is 0.836. The predicted molar refractivity (Wildman–Crippen MR) is 98.3 cm³/mol. The molecule has 0 aromatic rings. The van der Waals surface area contributed by atoms with Crippen molar-refractivity contribution in [3.63, 3.8) is 0 Å². The monoisotopic (exact) mass is 400 g/mol. The molecule has 0 radical (unpaired) electrons. The molecule has 0 unspecified atom stereocenters. The number of hydrogen-bond acceptors (Lipinski definition) is 3. The second-order valence-corrected chi connectivity index (χ2v) is 6.22. The number of hydrogen-bond donors (Lipinski definition) is 2. The van der Waals surface area contributed by atoms with Crippen LogP contribution in [0.5, 0.6) is 0 Å². The molecule has 0 aromatic heterocycles. The number of nitrogens with one attached hydrogen (secondary N) is 2. The average molecular weight is 400 g/mol. The maximum absolute atomic E-state index is 5.40. The summed E-state index contributed by atoms with van der Waals surface area (Å²) in [7, 11) is 5.87. The summed E-state index contributed by atoms with van der Waals surface area (Å²) < 4.78 is 5.40. The SMILES string of the molecule is CCNC(=NCC(C)(C)N(C)C)NCC(C)(C)OC.I. The zero-order valence-electron chi connectivity index (χ0n) is 14.3. The zero-order chi connectivity index (χ0) is 15.1. The van der Waals surface area contributed by atoms with Gasteiger partial charge in [0.05, 0.1) is 12.1 Å². The van der Waals surface area contributed by atoms with E-state index < -0.39 is 0 Å². The highest BCUT2D eigenvalue weighted by Crippen LogP contribution is 2.10. The Bertz CT molecular complexity index is 291. The lowest BCUT2D eigenvalue weighted by atomic mass is 10.1. The van der Waals surface area contributed by atoms with E-state index in [2.05, 4.69) is 55.4 Å². The molecule has 0 rings (SSSR count). The Morgan fingerprint density at radius 2 is 1.70 bits per heavy atom. The van der Waals surface area contributed by atoms with Crippen LogP contribution in [0.15, 0.2) is 4.99 Å². The molecule has 0 spiro atoms. The van der Waals surface area contributed by atoms with Gasteiger partial charge in [-0.15, -0.1) is 24.0 Å². The molecule has 0 fully saturated rings. The Balaban J connectivity index is 0. The number of ether oxygens (including phenoxy) is 1. The summed E-state index contributed by atoms with van der Waals surface area (Å²) in [5, 5.41) is 6.57. The summed E-state index contributed by atoms with van der Waals surface area (Å²) >= 11 is 0. The van der Waals surface area contributed by atoms with Crippen LogP contribution in [0, 0.1) is 0 Å². The van der Waals surface area contributed by atoms with Crippen LogP contribution in [0.25, 0.3) is 0 Å². The number of guanidine groups is 1. The molecule has 0 saturated heterocycles. The van der Waals surface area contributed by atoms with Gasteiger partial charge in [0.2, 0.25) is 0 Å². The van der Waals surface area contributed by atoms with E-state index >= 15 is 0 Å². The molecule has 0 saturated carbocycles. The summed E-state index contributed by atoms with van der Waals surface area (Å²) in [6.45, 7) is 12.8. The minimum atomic E-state index is -0.201. The fourth-order valence-corrected chi connectivity index (χ4v) is 1.12. The van der Waals surface area contributed by atoms with Gasteiger partial charge in [0.1, 0.15) is 0 Å². The van der Waals surface area contributed by atoms with Gasteiger partial charge < -0.3 is 20.3 Å². The van der Waals surface area contributed by atoms with Crippen LogP contribution in [0.1, 0.15) is 34.6 Å². The zero-order valence-corrected chi connectivity index (χ0v) is 16.7. The van der Waals surface area contributed by atoms with Gasteiger partial charge in [0, 0.05) is 25.7 Å². The first-order chi connectivity index (χ1) is 8.64. The lowest BCUT2D eigenvalue weighted by molar-refractivity contribution is 0.0268. The Hall–Kier alpha value is -0.0800. The molecular formula is C14H33IN4O. The van der Waals surface area contributed by atoms with Gasteiger partial charge in [-0.05, 0) is 48.7 Å². The van der Waals surface area contributed by atoms with Crippen molar-refractivity contribution < 1.29 is 4.74 Å². The topological polar surface area (TPSA) is 48.9 Å². The first kappa shape index (κ1) is 22.2. The smallest absolute Gasteiger partial charge is 0.191 e. The van der Waals surface area contributed by atoms with Crippen molar-refractivity contribution in [1.29, 1.82) is 0 Å². The van der Waals surface area contributed by atoms with Crippen molar-refractivity contribution in [1.82, 2.24) is 15.5 Å². The molecule has 2 N–H and O–H groups in total. The lowest BCUT2D eigenvalue weighted by Crippen LogP contribution is -2.47. The standard InChI is InChI=1S/C14H32N4O.HI/c1-9-15-12(17-11-14(4,5)19-8)16-10-13(2,3)18(6)7;/h9-11H2,1-8H3,(H2,15,16,17);1H. The second kappa shape index (κ2) is 9.78. The third-order valence-electron chi connectivity index (χ3n) is 3.41. The Morgan fingerprint density at radius 1 is 1.15 bits per heavy atom. The number of rotatable bonds is 7. The van der Waals surface area contributed by atoms with Crippen molar-refractivity contribution in [2.45, 2.75) is 45.8 Å². The third-order valence-corrected chi connectivity index (χ3v) is 3.41. The number of halogens is 1. The maximum Gasteiger partial charge on any atom is 0.191 e. The van der Waals surface area contributed by atoms with Crippen LogP contribution in [-0.4, -0.2) is 62.8 Å². The molecule has 5 nitrogen and oxygen atoms in total. The first-order valence-electron chi connectivity index (χ1n) is 6.89. The quantitative estimate of drug-likeness (QED) is 0.390. The van der Waals surface area contributed by atoms with E-state index in [0.29, 0.717) is 0 Å². The molecule has 0 atom stereocenters. The van der Waals surface area contributed by atoms with Gasteiger partial charge in [0.15, 0.2) is 5.96 Å². The summed E-state index contributed by atoms with van der Waals surface area (Å²) in [6, 6.07) is 0. The van der Waals surface area contributed by atoms with Gasteiger partial charge >= 0.3 is 0 Å². The van der Waals surface area contributed by atoms with Gasteiger partial charge in [-0.1, -0.05) is 0 Å². The summed E-state index contributed by atoms with van der Waals surface area (Å²) in [6.07, 6.45) is 0. The van der Waals surface area contributed by atoms with Gasteiger partial charge in [0.25, 0.3) is 0 Å². The lowest BCUT2D eigenvalue weighted by Gasteiger charge is -2.31. The minimum Gasteiger partial charge on any atom is -0.377 e. The summed E-state index contributed by atoms with van der Waals surface area (Å²) in [4.78, 5) is 6.82. The van der Waals surface area contributed by atoms with E-state index in [-0.39, 0.29) is 35.1 Å². The van der Waals surface area contributed by atoms with Gasteiger partial charge in [-0.2, -0.15) is 0 Å². The molecule has 0 bridgehead atoms. The Morgan fingerprint density at radius 3 is 2.10 bits per heavy atom. The van der Waals surface area contributed by atoms with Crippen molar-refractivity contribution >= 4 is 29.9 Å². The molecule has 20 heavy (non-hydrogen) atoms. The van der Waals surface area contributed by atoms with Crippen molar-refractivity contribution in [2.24, 2.45) is 4.99 Å². The highest BCUT2D eigenvalue weighted by molar-refractivity contribution is 14.0. The van der Waals surface area contributed by atoms with Crippen LogP contribution in [0.4, 0.5) is 0 Å². The fraction of sp³-hybridized carbons (Fsp3) is 0.929. The predicted octanol–water partition coefficient (Wildman–Crippen LogP) is 1.92. The Kier molecular flexibility index (Phi) is 10.9. The molecule has 6 heteroatoms. The third kappa shape index (κ3) is 8.97. The van der Waals surface area contributed by atoms with E-state index in [1.54, 1.807) is 7.11 Å². The molecule has 0 aliphatic heterocycles. The number of methoxy groups -OCH3 is 1. The molecule has 0 heterocycles. The number of nitrogens with zero attached hydrogens (tertiary/aromatic N) is 2. The van der Waals surface area contributed by atoms with Crippen LogP contribution < -0.4 is 10.6 Å². The molecule has 0 aromatic carbocycles. The van der Waals surface area contributed by atoms with Gasteiger partial charge in [-0.3, -0.25) is 4.99 Å². The minimum absolute atomic E-state index is 0. The molecule has 0 aliphatic rings. The van der Waals surface area contributed by atoms with E-state index in [4.69, 9.17) is 4.74 Å². The highest BCUT2D eigenvalue weighted by Gasteiger charge is 2.21. The fourth-order valence-electron chi connectivity index (χ4n) is 1.12. The molecule has 122 valence electrons. The van der Waals surface area contributed by atoms with Crippen LogP contribution >= 0.6 is 24.0 Å². The largest absolute Gasteiger partial charge is 0.377 e. The van der Waals surface area contributed by atoms with Crippen LogP contribution in [0.2, 0.25) is 0 Å². The first-order valence-corrected chi connectivity index (χ1v) is 6.89. The molecule has 0 amide bonds. The summed E-state index contributed by atoms with van der Waals surface area (Å²) in [5.41, 5.74) is -0.160. The van der Waals surface area contributed by atoms with Crippen LogP contribution in [-0.2, 0) is 4.74 Å². The maximum atomic E-state index is 5.40. The molecular weight excluding hydrogens is 367 g/mol. The number of aliphatic imine (C=N–C) groups is 1. The van der Waals surface area contributed by atoms with Crippen molar-refractivity contribution in [2.75, 3.05) is 40.8 Å². The van der Waals surface area contributed by atoms with Crippen LogP contribution in [0.3, 0.4) is 0 Å². The average Bonchev–Trinajstić information content (AvgIpc) is 2.32. The normalized spacial score (nSPS) is 13.2. The van der Waals surface area contributed by atoms with Crippen molar-refractivity contribution in [3.8, 4) is 0 Å². The van der Waals surface area contributed by atoms with E-state index in [1.807, 2.05) is 13.8 Å². The number of likely N-dealkylation sites (N-methyl/N-ethyl adjacent to an activating group) is 1. The van der Waals surface area contributed by atoms with E-state index in [9.17, 15) is 0 Å². The highest BCUT2D eigenvalue weighted by atomic mass is 127. The second-order valence-electron chi connectivity index (χ2n) is 6.22. The van der Waals surface area contributed by atoms with Gasteiger partial charge in [-0.25, -0.2) is 0 Å². The molecule has 0 aliphatic carbocycles. The van der Waals surface area contributed by atoms with E-state index in [1.165, 1.54) is 0 Å². The van der Waals surface area contributed by atoms with E-state index in [0.717, 1.165) is 25.6 Å². The van der Waals surface area contributed by atoms with Crippen molar-refractivity contribution in [3.05, 3.63) is 0 Å².